The topological polar surface area (TPSA) is 58.4 Å². The zero-order valence-corrected chi connectivity index (χ0v) is 17.6. The summed E-state index contributed by atoms with van der Waals surface area (Å²) in [4.78, 5) is 19.8. The highest BCUT2D eigenvalue weighted by Gasteiger charge is 2.19. The Bertz CT molecular complexity index is 995. The quantitative estimate of drug-likeness (QED) is 0.661. The van der Waals surface area contributed by atoms with Crippen LogP contribution in [0.2, 0.25) is 0 Å². The van der Waals surface area contributed by atoms with Gasteiger partial charge < -0.3 is 9.73 Å². The molecular formula is C23H25N3O2S. The van der Waals surface area contributed by atoms with Crippen LogP contribution in [-0.4, -0.2) is 40.4 Å². The molecule has 29 heavy (non-hydrogen) atoms. The Balaban J connectivity index is 1.51. The lowest BCUT2D eigenvalue weighted by atomic mass is 10.1. The number of carbonyl (C=O) groups excluding carboxylic acids is 1. The lowest BCUT2D eigenvalue weighted by Crippen LogP contribution is -2.32. The SMILES string of the molecule is Cc1ccc(CN2CCSCC2)cc1NC(=O)c1nc(-c2ccccc2)oc1C. The number of oxazole rings is 1. The van der Waals surface area contributed by atoms with E-state index < -0.39 is 0 Å². The number of benzene rings is 2. The molecule has 1 amide bonds. The number of nitrogens with one attached hydrogen (secondary N) is 1. The van der Waals surface area contributed by atoms with Crippen LogP contribution in [0, 0.1) is 13.8 Å². The van der Waals surface area contributed by atoms with E-state index in [-0.39, 0.29) is 5.91 Å². The van der Waals surface area contributed by atoms with Crippen LogP contribution >= 0.6 is 11.8 Å². The molecule has 1 saturated heterocycles. The monoisotopic (exact) mass is 407 g/mol. The van der Waals surface area contributed by atoms with E-state index in [1.54, 1.807) is 6.92 Å². The van der Waals surface area contributed by atoms with Crippen molar-refractivity contribution in [3.63, 3.8) is 0 Å². The van der Waals surface area contributed by atoms with E-state index in [0.717, 1.165) is 36.4 Å². The van der Waals surface area contributed by atoms with Crippen molar-refractivity contribution >= 4 is 23.4 Å². The maximum atomic E-state index is 12.9. The molecule has 0 radical (unpaired) electrons. The van der Waals surface area contributed by atoms with Gasteiger partial charge in [-0.3, -0.25) is 9.69 Å². The summed E-state index contributed by atoms with van der Waals surface area (Å²) in [5, 5.41) is 3.03. The largest absolute Gasteiger partial charge is 0.441 e. The predicted molar refractivity (Wildman–Crippen MR) is 118 cm³/mol. The molecule has 6 heteroatoms. The van der Waals surface area contributed by atoms with Crippen LogP contribution in [0.1, 0.15) is 27.4 Å². The summed E-state index contributed by atoms with van der Waals surface area (Å²) in [6.45, 7) is 6.90. The maximum absolute atomic E-state index is 12.9. The van der Waals surface area contributed by atoms with Crippen molar-refractivity contribution in [3.05, 3.63) is 71.1 Å². The number of aromatic nitrogens is 1. The Morgan fingerprint density at radius 1 is 1.14 bits per heavy atom. The fraction of sp³-hybridized carbons (Fsp3) is 0.304. The van der Waals surface area contributed by atoms with Crippen molar-refractivity contribution in [2.75, 3.05) is 29.9 Å². The standard InChI is InChI=1S/C23H25N3O2S/c1-16-8-9-18(15-26-10-12-29-13-11-26)14-20(16)24-22(27)21-17(2)28-23(25-21)19-6-4-3-5-7-19/h3-9,14H,10-13,15H2,1-2H3,(H,24,27). The van der Waals surface area contributed by atoms with E-state index in [4.69, 9.17) is 4.42 Å². The molecule has 150 valence electrons. The number of hydrogen-bond donors (Lipinski definition) is 1. The van der Waals surface area contributed by atoms with Crippen molar-refractivity contribution < 1.29 is 9.21 Å². The molecule has 0 unspecified atom stereocenters. The first-order valence-corrected chi connectivity index (χ1v) is 11.0. The maximum Gasteiger partial charge on any atom is 0.277 e. The van der Waals surface area contributed by atoms with Gasteiger partial charge in [-0.05, 0) is 43.2 Å². The number of carbonyl (C=O) groups is 1. The van der Waals surface area contributed by atoms with Crippen LogP contribution in [0.3, 0.4) is 0 Å². The van der Waals surface area contributed by atoms with Crippen LogP contribution < -0.4 is 5.32 Å². The van der Waals surface area contributed by atoms with Gasteiger partial charge in [0.15, 0.2) is 5.69 Å². The molecule has 0 atom stereocenters. The van der Waals surface area contributed by atoms with Gasteiger partial charge in [-0.1, -0.05) is 30.3 Å². The molecule has 1 aliphatic rings. The summed E-state index contributed by atoms with van der Waals surface area (Å²) in [6, 6.07) is 15.9. The molecule has 4 rings (SSSR count). The summed E-state index contributed by atoms with van der Waals surface area (Å²) < 4.78 is 5.73. The van der Waals surface area contributed by atoms with Crippen molar-refractivity contribution in [3.8, 4) is 11.5 Å². The Kier molecular flexibility index (Phi) is 6.02. The van der Waals surface area contributed by atoms with E-state index in [9.17, 15) is 4.79 Å². The van der Waals surface area contributed by atoms with Crippen LogP contribution in [0.5, 0.6) is 0 Å². The zero-order valence-electron chi connectivity index (χ0n) is 16.8. The second kappa shape index (κ2) is 8.84. The van der Waals surface area contributed by atoms with E-state index >= 15 is 0 Å². The summed E-state index contributed by atoms with van der Waals surface area (Å²) in [6.07, 6.45) is 0. The van der Waals surface area contributed by atoms with Gasteiger partial charge in [0.05, 0.1) is 0 Å². The minimum atomic E-state index is -0.247. The van der Waals surface area contributed by atoms with Crippen molar-refractivity contribution in [1.29, 1.82) is 0 Å². The van der Waals surface area contributed by atoms with Gasteiger partial charge in [-0.15, -0.1) is 0 Å². The first kappa shape index (κ1) is 19.7. The van der Waals surface area contributed by atoms with E-state index in [0.29, 0.717) is 17.3 Å². The molecule has 0 spiro atoms. The number of anilines is 1. The number of aryl methyl sites for hydroxylation is 2. The fourth-order valence-electron chi connectivity index (χ4n) is 3.41. The average molecular weight is 408 g/mol. The van der Waals surface area contributed by atoms with Gasteiger partial charge in [0.1, 0.15) is 5.76 Å². The van der Waals surface area contributed by atoms with Crippen molar-refractivity contribution in [2.24, 2.45) is 0 Å². The molecule has 1 fully saturated rings. The smallest absolute Gasteiger partial charge is 0.277 e. The average Bonchev–Trinajstić information content (AvgIpc) is 3.14. The Labute approximate surface area is 175 Å². The van der Waals surface area contributed by atoms with Crippen LogP contribution in [0.15, 0.2) is 52.9 Å². The molecule has 5 nitrogen and oxygen atoms in total. The number of thioether (sulfide) groups is 1. The van der Waals surface area contributed by atoms with E-state index in [1.807, 2.05) is 49.0 Å². The lowest BCUT2D eigenvalue weighted by Gasteiger charge is -2.26. The molecule has 0 aliphatic carbocycles. The van der Waals surface area contributed by atoms with Gasteiger partial charge in [0, 0.05) is 42.4 Å². The third kappa shape index (κ3) is 4.71. The summed E-state index contributed by atoms with van der Waals surface area (Å²) >= 11 is 2.01. The lowest BCUT2D eigenvalue weighted by molar-refractivity contribution is 0.102. The highest BCUT2D eigenvalue weighted by atomic mass is 32.2. The molecule has 3 aromatic rings. The highest BCUT2D eigenvalue weighted by Crippen LogP contribution is 2.24. The minimum absolute atomic E-state index is 0.247. The normalized spacial score (nSPS) is 14.7. The summed E-state index contributed by atoms with van der Waals surface area (Å²) in [5.74, 6) is 3.10. The second-order valence-electron chi connectivity index (χ2n) is 7.28. The number of hydrogen-bond acceptors (Lipinski definition) is 5. The number of rotatable bonds is 5. The molecule has 0 bridgehead atoms. The van der Waals surface area contributed by atoms with E-state index in [2.05, 4.69) is 33.4 Å². The Morgan fingerprint density at radius 3 is 2.66 bits per heavy atom. The highest BCUT2D eigenvalue weighted by molar-refractivity contribution is 7.99. The fourth-order valence-corrected chi connectivity index (χ4v) is 4.39. The van der Waals surface area contributed by atoms with Crippen LogP contribution in [0.25, 0.3) is 11.5 Å². The molecular weight excluding hydrogens is 382 g/mol. The third-order valence-corrected chi connectivity index (χ3v) is 6.03. The van der Waals surface area contributed by atoms with Crippen LogP contribution in [0.4, 0.5) is 5.69 Å². The molecule has 2 aromatic carbocycles. The van der Waals surface area contributed by atoms with Gasteiger partial charge in [-0.2, -0.15) is 11.8 Å². The van der Waals surface area contributed by atoms with Gasteiger partial charge >= 0.3 is 0 Å². The minimum Gasteiger partial charge on any atom is -0.441 e. The van der Waals surface area contributed by atoms with Crippen LogP contribution in [-0.2, 0) is 6.54 Å². The molecule has 0 saturated carbocycles. The van der Waals surface area contributed by atoms with Crippen molar-refractivity contribution in [2.45, 2.75) is 20.4 Å². The number of amides is 1. The molecule has 2 heterocycles. The predicted octanol–water partition coefficient (Wildman–Crippen LogP) is 4.76. The van der Waals surface area contributed by atoms with E-state index in [1.165, 1.54) is 17.1 Å². The molecule has 1 N–H and O–H groups in total. The van der Waals surface area contributed by atoms with Gasteiger partial charge in [0.2, 0.25) is 5.89 Å². The van der Waals surface area contributed by atoms with Gasteiger partial charge in [-0.25, -0.2) is 4.98 Å². The summed E-state index contributed by atoms with van der Waals surface area (Å²) in [7, 11) is 0. The van der Waals surface area contributed by atoms with Crippen molar-refractivity contribution in [1.82, 2.24) is 9.88 Å². The Morgan fingerprint density at radius 2 is 1.90 bits per heavy atom. The third-order valence-electron chi connectivity index (χ3n) is 5.09. The first-order valence-electron chi connectivity index (χ1n) is 9.84. The number of nitrogens with zero attached hydrogens (tertiary/aromatic N) is 2. The zero-order chi connectivity index (χ0) is 20.2. The summed E-state index contributed by atoms with van der Waals surface area (Å²) in [5.41, 5.74) is 4.23. The first-order chi connectivity index (χ1) is 14.1. The second-order valence-corrected chi connectivity index (χ2v) is 8.51. The molecule has 1 aliphatic heterocycles. The van der Waals surface area contributed by atoms with Gasteiger partial charge in [0.25, 0.3) is 5.91 Å². The Hall–Kier alpha value is -2.57. The molecule has 1 aromatic heterocycles.